The number of amides is 1. The second kappa shape index (κ2) is 9.31. The molecule has 1 aliphatic heterocycles. The summed E-state index contributed by atoms with van der Waals surface area (Å²) < 4.78 is 0.997. The maximum atomic E-state index is 12.2. The van der Waals surface area contributed by atoms with Crippen LogP contribution in [-0.4, -0.2) is 41.5 Å². The summed E-state index contributed by atoms with van der Waals surface area (Å²) in [6.45, 7) is 4.79. The molecule has 0 unspecified atom stereocenters. The van der Waals surface area contributed by atoms with E-state index in [1.54, 1.807) is 23.1 Å². The van der Waals surface area contributed by atoms with Crippen molar-refractivity contribution >= 4 is 29.0 Å². The molecule has 0 spiro atoms. The molecule has 134 valence electrons. The van der Waals surface area contributed by atoms with Crippen molar-refractivity contribution in [1.29, 1.82) is 0 Å². The predicted molar refractivity (Wildman–Crippen MR) is 104 cm³/mol. The van der Waals surface area contributed by atoms with Crippen LogP contribution in [0.1, 0.15) is 46.1 Å². The largest absolute Gasteiger partial charge is 0.352 e. The molecule has 0 radical (unpaired) electrons. The van der Waals surface area contributed by atoms with E-state index in [0.29, 0.717) is 12.5 Å². The molecular formula is C18H24N4OS2. The molecule has 2 heterocycles. The molecule has 1 amide bonds. The van der Waals surface area contributed by atoms with Gasteiger partial charge in [0.2, 0.25) is 0 Å². The van der Waals surface area contributed by atoms with Crippen LogP contribution in [0.2, 0.25) is 0 Å². The first-order valence-electron chi connectivity index (χ1n) is 8.74. The molecular weight excluding hydrogens is 352 g/mol. The first kappa shape index (κ1) is 18.4. The molecule has 25 heavy (non-hydrogen) atoms. The fourth-order valence-corrected chi connectivity index (χ4v) is 4.74. The first-order chi connectivity index (χ1) is 12.2. The van der Waals surface area contributed by atoms with Gasteiger partial charge in [0, 0.05) is 24.4 Å². The highest BCUT2D eigenvalue weighted by molar-refractivity contribution is 8.01. The Balaban J connectivity index is 1.38. The van der Waals surface area contributed by atoms with Gasteiger partial charge in [-0.05, 0) is 56.3 Å². The molecule has 1 fully saturated rings. The lowest BCUT2D eigenvalue weighted by atomic mass is 9.91. The zero-order valence-electron chi connectivity index (χ0n) is 14.5. The minimum atomic E-state index is 0.00470. The number of aromatic nitrogens is 2. The van der Waals surface area contributed by atoms with Crippen LogP contribution in [0.3, 0.4) is 0 Å². The van der Waals surface area contributed by atoms with Gasteiger partial charge in [0.25, 0.3) is 5.91 Å². The lowest BCUT2D eigenvalue weighted by Crippen LogP contribution is -2.28. The standard InChI is InChI=1S/C18H24N4OS2/c1-13-21-22-18(25-13)24-11-3-10-20-17(23)15-7-5-14(6-8-15)16-4-2-9-19-12-16/h5-8,16,19H,2-4,9-12H2,1H3,(H,20,23)/t16-/m0/s1. The fraction of sp³-hybridized carbons (Fsp3) is 0.500. The minimum absolute atomic E-state index is 0.00470. The summed E-state index contributed by atoms with van der Waals surface area (Å²) in [5, 5.41) is 15.5. The average molecular weight is 377 g/mol. The van der Waals surface area contributed by atoms with E-state index in [2.05, 4.69) is 33.0 Å². The van der Waals surface area contributed by atoms with Gasteiger partial charge in [0.1, 0.15) is 5.01 Å². The molecule has 7 heteroatoms. The Labute approximate surface area is 157 Å². The number of nitrogens with zero attached hydrogens (tertiary/aromatic N) is 2. The van der Waals surface area contributed by atoms with Crippen molar-refractivity contribution in [3.05, 3.63) is 40.4 Å². The Bertz CT molecular complexity index is 681. The summed E-state index contributed by atoms with van der Waals surface area (Å²) in [4.78, 5) is 12.2. The van der Waals surface area contributed by atoms with Gasteiger partial charge in [-0.25, -0.2) is 0 Å². The van der Waals surface area contributed by atoms with E-state index in [4.69, 9.17) is 0 Å². The van der Waals surface area contributed by atoms with Crippen molar-refractivity contribution in [2.45, 2.75) is 36.4 Å². The predicted octanol–water partition coefficient (Wildman–Crippen LogP) is 3.23. The highest BCUT2D eigenvalue weighted by Gasteiger charge is 2.15. The third kappa shape index (κ3) is 5.52. The van der Waals surface area contributed by atoms with Gasteiger partial charge in [-0.3, -0.25) is 4.79 Å². The molecule has 3 rings (SSSR count). The molecule has 0 aliphatic carbocycles. The van der Waals surface area contributed by atoms with E-state index in [0.717, 1.165) is 40.2 Å². The third-order valence-corrected chi connectivity index (χ3v) is 6.34. The number of nitrogens with one attached hydrogen (secondary N) is 2. The number of rotatable bonds is 7. The molecule has 0 bridgehead atoms. The minimum Gasteiger partial charge on any atom is -0.352 e. The van der Waals surface area contributed by atoms with Crippen LogP contribution in [0.15, 0.2) is 28.6 Å². The maximum Gasteiger partial charge on any atom is 0.251 e. The summed E-state index contributed by atoms with van der Waals surface area (Å²) in [6, 6.07) is 8.08. The van der Waals surface area contributed by atoms with Crippen LogP contribution in [0.25, 0.3) is 0 Å². The van der Waals surface area contributed by atoms with Crippen molar-refractivity contribution in [3.8, 4) is 0 Å². The molecule has 0 saturated carbocycles. The summed E-state index contributed by atoms with van der Waals surface area (Å²) in [6.07, 6.45) is 3.37. The Morgan fingerprint density at radius 1 is 1.36 bits per heavy atom. The molecule has 1 aliphatic rings. The van der Waals surface area contributed by atoms with E-state index in [1.165, 1.54) is 18.4 Å². The van der Waals surface area contributed by atoms with Gasteiger partial charge in [-0.2, -0.15) is 0 Å². The van der Waals surface area contributed by atoms with Crippen LogP contribution < -0.4 is 10.6 Å². The number of benzene rings is 1. The number of aryl methyl sites for hydroxylation is 1. The summed E-state index contributed by atoms with van der Waals surface area (Å²) in [7, 11) is 0. The normalized spacial score (nSPS) is 17.4. The van der Waals surface area contributed by atoms with Gasteiger partial charge in [0.05, 0.1) is 0 Å². The lowest BCUT2D eigenvalue weighted by Gasteiger charge is -2.23. The molecule has 1 atom stereocenters. The number of carbonyl (C=O) groups excluding carboxylic acids is 1. The maximum absolute atomic E-state index is 12.2. The van der Waals surface area contributed by atoms with E-state index < -0.39 is 0 Å². The smallest absolute Gasteiger partial charge is 0.251 e. The average Bonchev–Trinajstić information content (AvgIpc) is 3.07. The Hall–Kier alpha value is -1.44. The van der Waals surface area contributed by atoms with Crippen LogP contribution in [-0.2, 0) is 0 Å². The number of hydrogen-bond acceptors (Lipinski definition) is 6. The second-order valence-corrected chi connectivity index (χ2v) is 8.73. The zero-order chi connectivity index (χ0) is 17.5. The fourth-order valence-electron chi connectivity index (χ4n) is 2.92. The van der Waals surface area contributed by atoms with E-state index in [-0.39, 0.29) is 5.91 Å². The van der Waals surface area contributed by atoms with Crippen molar-refractivity contribution in [1.82, 2.24) is 20.8 Å². The van der Waals surface area contributed by atoms with Gasteiger partial charge in [-0.15, -0.1) is 10.2 Å². The topological polar surface area (TPSA) is 66.9 Å². The molecule has 2 aromatic rings. The third-order valence-electron chi connectivity index (χ3n) is 4.28. The summed E-state index contributed by atoms with van der Waals surface area (Å²) >= 11 is 3.30. The van der Waals surface area contributed by atoms with Crippen molar-refractivity contribution in [3.63, 3.8) is 0 Å². The van der Waals surface area contributed by atoms with Crippen molar-refractivity contribution < 1.29 is 4.79 Å². The summed E-state index contributed by atoms with van der Waals surface area (Å²) in [5.74, 6) is 1.51. The Morgan fingerprint density at radius 3 is 2.88 bits per heavy atom. The second-order valence-electron chi connectivity index (χ2n) is 6.21. The van der Waals surface area contributed by atoms with Crippen LogP contribution in [0.5, 0.6) is 0 Å². The molecule has 5 nitrogen and oxygen atoms in total. The van der Waals surface area contributed by atoms with Gasteiger partial charge in [-0.1, -0.05) is 35.2 Å². The number of hydrogen-bond donors (Lipinski definition) is 2. The van der Waals surface area contributed by atoms with Crippen LogP contribution in [0, 0.1) is 6.92 Å². The van der Waals surface area contributed by atoms with Gasteiger partial charge in [0.15, 0.2) is 4.34 Å². The van der Waals surface area contributed by atoms with Crippen molar-refractivity contribution in [2.24, 2.45) is 0 Å². The number of thioether (sulfide) groups is 1. The van der Waals surface area contributed by atoms with E-state index >= 15 is 0 Å². The lowest BCUT2D eigenvalue weighted by molar-refractivity contribution is 0.0954. The highest BCUT2D eigenvalue weighted by atomic mass is 32.2. The van der Waals surface area contributed by atoms with Gasteiger partial charge < -0.3 is 10.6 Å². The SMILES string of the molecule is Cc1nnc(SCCCNC(=O)c2ccc([C@H]3CCCNC3)cc2)s1. The zero-order valence-corrected chi connectivity index (χ0v) is 16.1. The van der Waals surface area contributed by atoms with Crippen LogP contribution in [0.4, 0.5) is 0 Å². The molecule has 1 saturated heterocycles. The summed E-state index contributed by atoms with van der Waals surface area (Å²) in [5.41, 5.74) is 2.06. The van der Waals surface area contributed by atoms with E-state index in [9.17, 15) is 4.79 Å². The van der Waals surface area contributed by atoms with Crippen molar-refractivity contribution in [2.75, 3.05) is 25.4 Å². The molecule has 1 aromatic carbocycles. The van der Waals surface area contributed by atoms with Crippen LogP contribution >= 0.6 is 23.1 Å². The van der Waals surface area contributed by atoms with Gasteiger partial charge >= 0.3 is 0 Å². The first-order valence-corrected chi connectivity index (χ1v) is 10.5. The molecule has 2 N–H and O–H groups in total. The number of piperidine rings is 1. The number of carbonyl (C=O) groups is 1. The highest BCUT2D eigenvalue weighted by Crippen LogP contribution is 2.23. The Kier molecular flexibility index (Phi) is 6.84. The van der Waals surface area contributed by atoms with E-state index in [1.807, 2.05) is 19.1 Å². The quantitative estimate of drug-likeness (QED) is 0.574. The monoisotopic (exact) mass is 376 g/mol. The Morgan fingerprint density at radius 2 is 2.20 bits per heavy atom. The molecule has 1 aromatic heterocycles.